The zero-order chi connectivity index (χ0) is 14.0. The van der Waals surface area contributed by atoms with Gasteiger partial charge >= 0.3 is 0 Å². The highest BCUT2D eigenvalue weighted by atomic mass is 32.2. The van der Waals surface area contributed by atoms with Crippen LogP contribution in [0, 0.1) is 0 Å². The van der Waals surface area contributed by atoms with Crippen molar-refractivity contribution >= 4 is 29.0 Å². The number of hydrogen-bond donors (Lipinski definition) is 1. The molecule has 1 saturated heterocycles. The highest BCUT2D eigenvalue weighted by molar-refractivity contribution is 7.99. The lowest BCUT2D eigenvalue weighted by atomic mass is 10.1. The molecule has 0 aliphatic carbocycles. The maximum Gasteiger partial charge on any atom is 0.253 e. The van der Waals surface area contributed by atoms with Crippen molar-refractivity contribution in [3.8, 4) is 0 Å². The lowest BCUT2D eigenvalue weighted by Crippen LogP contribution is -2.37. The van der Waals surface area contributed by atoms with Crippen molar-refractivity contribution in [1.82, 2.24) is 4.90 Å². The van der Waals surface area contributed by atoms with Crippen LogP contribution in [0.1, 0.15) is 16.8 Å². The van der Waals surface area contributed by atoms with E-state index in [9.17, 15) is 4.79 Å². The predicted octanol–water partition coefficient (Wildman–Crippen LogP) is 1.91. The van der Waals surface area contributed by atoms with Crippen LogP contribution in [0.25, 0.3) is 0 Å². The van der Waals surface area contributed by atoms with Gasteiger partial charge < -0.3 is 15.5 Å². The van der Waals surface area contributed by atoms with Gasteiger partial charge in [0.05, 0.1) is 11.4 Å². The van der Waals surface area contributed by atoms with Crippen molar-refractivity contribution in [2.75, 3.05) is 43.3 Å². The Bertz CT molecular complexity index is 470. The maximum absolute atomic E-state index is 12.4. The van der Waals surface area contributed by atoms with Crippen LogP contribution in [0.3, 0.4) is 0 Å². The summed E-state index contributed by atoms with van der Waals surface area (Å²) in [6, 6.07) is 5.88. The third-order valence-electron chi connectivity index (χ3n) is 3.53. The van der Waals surface area contributed by atoms with E-state index in [-0.39, 0.29) is 5.91 Å². The number of nitrogens with two attached hydrogens (primary N) is 1. The standard InChI is InChI=1S/C14H21N3OS/c1-16(2)13-5-4-10(8-12(13)15)14(18)17(3)11-6-7-19-9-11/h4-5,8,11H,6-7,9,15H2,1-3H3. The summed E-state index contributed by atoms with van der Waals surface area (Å²) in [6.07, 6.45) is 1.08. The molecule has 1 aliphatic heterocycles. The molecule has 19 heavy (non-hydrogen) atoms. The van der Waals surface area contributed by atoms with E-state index in [1.807, 2.05) is 54.8 Å². The monoisotopic (exact) mass is 279 g/mol. The van der Waals surface area contributed by atoms with Crippen molar-refractivity contribution in [1.29, 1.82) is 0 Å². The first-order valence-corrected chi connectivity index (χ1v) is 7.58. The summed E-state index contributed by atoms with van der Waals surface area (Å²) >= 11 is 1.91. The van der Waals surface area contributed by atoms with E-state index in [2.05, 4.69) is 0 Å². The third-order valence-corrected chi connectivity index (χ3v) is 4.67. The average Bonchev–Trinajstić information content (AvgIpc) is 2.90. The van der Waals surface area contributed by atoms with Crippen LogP contribution in [-0.2, 0) is 0 Å². The fourth-order valence-corrected chi connectivity index (χ4v) is 3.56. The molecule has 0 bridgehead atoms. The van der Waals surface area contributed by atoms with E-state index in [0.717, 1.165) is 23.6 Å². The van der Waals surface area contributed by atoms with Crippen LogP contribution < -0.4 is 10.6 Å². The molecule has 5 heteroatoms. The smallest absolute Gasteiger partial charge is 0.253 e. The van der Waals surface area contributed by atoms with E-state index in [1.54, 1.807) is 6.07 Å². The molecule has 2 rings (SSSR count). The number of thioether (sulfide) groups is 1. The highest BCUT2D eigenvalue weighted by Gasteiger charge is 2.24. The number of rotatable bonds is 3. The number of amides is 1. The van der Waals surface area contributed by atoms with Crippen LogP contribution in [-0.4, -0.2) is 49.5 Å². The van der Waals surface area contributed by atoms with Gasteiger partial charge in [0, 0.05) is 38.5 Å². The van der Waals surface area contributed by atoms with Crippen molar-refractivity contribution in [3.05, 3.63) is 23.8 Å². The van der Waals surface area contributed by atoms with E-state index in [4.69, 9.17) is 5.73 Å². The average molecular weight is 279 g/mol. The first kappa shape index (κ1) is 14.1. The lowest BCUT2D eigenvalue weighted by molar-refractivity contribution is 0.0748. The van der Waals surface area contributed by atoms with Crippen LogP contribution >= 0.6 is 11.8 Å². The number of nitrogen functional groups attached to an aromatic ring is 1. The Labute approximate surface area is 118 Å². The zero-order valence-electron chi connectivity index (χ0n) is 11.7. The third kappa shape index (κ3) is 2.97. The number of anilines is 2. The molecule has 1 atom stereocenters. The quantitative estimate of drug-likeness (QED) is 0.859. The lowest BCUT2D eigenvalue weighted by Gasteiger charge is -2.24. The SMILES string of the molecule is CN(C)c1ccc(C(=O)N(C)C2CCSC2)cc1N. The molecule has 0 saturated carbocycles. The first-order valence-electron chi connectivity index (χ1n) is 6.42. The molecule has 1 aromatic rings. The second kappa shape index (κ2) is 5.74. The molecule has 104 valence electrons. The first-order chi connectivity index (χ1) is 9.00. The molecule has 1 heterocycles. The molecule has 1 unspecified atom stereocenters. The van der Waals surface area contributed by atoms with E-state index in [1.165, 1.54) is 0 Å². The Hall–Kier alpha value is -1.36. The van der Waals surface area contributed by atoms with Gasteiger partial charge in [0.1, 0.15) is 0 Å². The molecular formula is C14H21N3OS. The van der Waals surface area contributed by atoms with E-state index < -0.39 is 0 Å². The van der Waals surface area contributed by atoms with Crippen molar-refractivity contribution in [2.45, 2.75) is 12.5 Å². The van der Waals surface area contributed by atoms with Crippen LogP contribution in [0.15, 0.2) is 18.2 Å². The van der Waals surface area contributed by atoms with Gasteiger partial charge in [-0.25, -0.2) is 0 Å². The van der Waals surface area contributed by atoms with Crippen molar-refractivity contribution in [2.24, 2.45) is 0 Å². The van der Waals surface area contributed by atoms with Crippen LogP contribution in [0.2, 0.25) is 0 Å². The minimum Gasteiger partial charge on any atom is -0.397 e. The normalized spacial score (nSPS) is 18.4. The summed E-state index contributed by atoms with van der Waals surface area (Å²) in [7, 11) is 5.76. The number of carbonyl (C=O) groups excluding carboxylic acids is 1. The molecule has 2 N–H and O–H groups in total. The van der Waals surface area contributed by atoms with Crippen molar-refractivity contribution < 1.29 is 4.79 Å². The Morgan fingerprint density at radius 1 is 1.37 bits per heavy atom. The molecule has 0 spiro atoms. The Balaban J connectivity index is 2.17. The number of nitrogens with zero attached hydrogens (tertiary/aromatic N) is 2. The molecule has 0 radical (unpaired) electrons. The molecular weight excluding hydrogens is 258 g/mol. The fourth-order valence-electron chi connectivity index (χ4n) is 2.29. The summed E-state index contributed by atoms with van der Waals surface area (Å²) in [6.45, 7) is 0. The Morgan fingerprint density at radius 2 is 2.11 bits per heavy atom. The molecule has 4 nitrogen and oxygen atoms in total. The van der Waals surface area contributed by atoms with Crippen molar-refractivity contribution in [3.63, 3.8) is 0 Å². The van der Waals surface area contributed by atoms with Gasteiger partial charge in [-0.3, -0.25) is 4.79 Å². The van der Waals surface area contributed by atoms with E-state index >= 15 is 0 Å². The molecule has 1 amide bonds. The number of carbonyl (C=O) groups is 1. The summed E-state index contributed by atoms with van der Waals surface area (Å²) in [5.41, 5.74) is 8.25. The number of benzene rings is 1. The van der Waals surface area contributed by atoms with E-state index in [0.29, 0.717) is 17.3 Å². The molecule has 1 aliphatic rings. The minimum atomic E-state index is 0.0597. The second-order valence-corrected chi connectivity index (χ2v) is 6.25. The fraction of sp³-hybridized carbons (Fsp3) is 0.500. The topological polar surface area (TPSA) is 49.6 Å². The maximum atomic E-state index is 12.4. The van der Waals surface area contributed by atoms with Gasteiger partial charge in [0.15, 0.2) is 0 Å². The predicted molar refractivity (Wildman–Crippen MR) is 83.0 cm³/mol. The summed E-state index contributed by atoms with van der Waals surface area (Å²) in [5, 5.41) is 0. The number of hydrogen-bond acceptors (Lipinski definition) is 4. The van der Waals surface area contributed by atoms with Gasteiger partial charge in [-0.2, -0.15) is 11.8 Å². The van der Waals surface area contributed by atoms with Gasteiger partial charge in [-0.1, -0.05) is 0 Å². The Kier molecular flexibility index (Phi) is 4.24. The van der Waals surface area contributed by atoms with Gasteiger partial charge in [0.2, 0.25) is 0 Å². The van der Waals surface area contributed by atoms with Gasteiger partial charge in [0.25, 0.3) is 5.91 Å². The molecule has 0 aromatic heterocycles. The van der Waals surface area contributed by atoms with Gasteiger partial charge in [-0.05, 0) is 30.4 Å². The van der Waals surface area contributed by atoms with Crippen LogP contribution in [0.5, 0.6) is 0 Å². The van der Waals surface area contributed by atoms with Crippen LogP contribution in [0.4, 0.5) is 11.4 Å². The molecule has 1 fully saturated rings. The largest absolute Gasteiger partial charge is 0.397 e. The minimum absolute atomic E-state index is 0.0597. The van der Waals surface area contributed by atoms with Gasteiger partial charge in [-0.15, -0.1) is 0 Å². The molecule has 1 aromatic carbocycles. The Morgan fingerprint density at radius 3 is 2.63 bits per heavy atom. The summed E-state index contributed by atoms with van der Waals surface area (Å²) in [5.74, 6) is 2.24. The zero-order valence-corrected chi connectivity index (χ0v) is 12.5. The highest BCUT2D eigenvalue weighted by Crippen LogP contribution is 2.25. The summed E-state index contributed by atoms with van der Waals surface area (Å²) < 4.78 is 0. The second-order valence-electron chi connectivity index (χ2n) is 5.10. The summed E-state index contributed by atoms with van der Waals surface area (Å²) in [4.78, 5) is 16.2.